The van der Waals surface area contributed by atoms with Crippen LogP contribution < -0.4 is 0 Å². The Morgan fingerprint density at radius 2 is 1.81 bits per heavy atom. The number of hydrogen-bond donors (Lipinski definition) is 0. The minimum atomic E-state index is 0.307. The van der Waals surface area contributed by atoms with Gasteiger partial charge in [-0.1, -0.05) is 68.3 Å². The smallest absolute Gasteiger partial charge is 0.227 e. The summed E-state index contributed by atoms with van der Waals surface area (Å²) in [5.74, 6) is 1.87. The maximum atomic E-state index is 13.2. The molecule has 4 rings (SSSR count). The molecule has 1 heterocycles. The molecular formula is C29H37NO. The molecule has 2 nitrogen and oxygen atoms in total. The van der Waals surface area contributed by atoms with E-state index in [9.17, 15) is 4.79 Å². The van der Waals surface area contributed by atoms with Crippen molar-refractivity contribution < 1.29 is 4.79 Å². The quantitative estimate of drug-likeness (QED) is 0.476. The van der Waals surface area contributed by atoms with Gasteiger partial charge in [0.15, 0.2) is 0 Å². The number of aryl methyl sites for hydroxylation is 2. The highest BCUT2D eigenvalue weighted by Crippen LogP contribution is 2.45. The fourth-order valence-corrected chi connectivity index (χ4v) is 5.07. The summed E-state index contributed by atoms with van der Waals surface area (Å²) in [7, 11) is 0. The molecule has 2 aromatic rings. The molecule has 0 saturated heterocycles. The van der Waals surface area contributed by atoms with Crippen molar-refractivity contribution >= 4 is 5.91 Å². The lowest BCUT2D eigenvalue weighted by molar-refractivity contribution is -0.130. The number of nitrogens with zero attached hydrogens (tertiary/aromatic N) is 1. The van der Waals surface area contributed by atoms with Crippen LogP contribution in [0, 0.1) is 25.7 Å². The molecule has 1 amide bonds. The normalized spacial score (nSPS) is 23.1. The molecule has 0 bridgehead atoms. The van der Waals surface area contributed by atoms with E-state index in [0.29, 0.717) is 24.8 Å². The summed E-state index contributed by atoms with van der Waals surface area (Å²) >= 11 is 0. The molecule has 1 unspecified atom stereocenters. The van der Waals surface area contributed by atoms with Gasteiger partial charge in [-0.05, 0) is 85.6 Å². The Kier molecular flexibility index (Phi) is 6.95. The zero-order valence-electron chi connectivity index (χ0n) is 19.5. The molecule has 1 saturated carbocycles. The van der Waals surface area contributed by atoms with Gasteiger partial charge in [0, 0.05) is 12.1 Å². The molecule has 1 aliphatic heterocycles. The van der Waals surface area contributed by atoms with Crippen LogP contribution in [0.3, 0.4) is 0 Å². The average Bonchev–Trinajstić information content (AvgIpc) is 3.51. The maximum Gasteiger partial charge on any atom is 0.227 e. The second-order valence-corrected chi connectivity index (χ2v) is 9.61. The lowest BCUT2D eigenvalue weighted by Crippen LogP contribution is -2.30. The van der Waals surface area contributed by atoms with Crippen molar-refractivity contribution in [2.24, 2.45) is 11.8 Å². The first-order valence-corrected chi connectivity index (χ1v) is 12.2. The zero-order chi connectivity index (χ0) is 21.8. The van der Waals surface area contributed by atoms with Crippen molar-refractivity contribution in [3.05, 3.63) is 70.9 Å². The van der Waals surface area contributed by atoms with E-state index in [1.54, 1.807) is 0 Å². The molecule has 1 aliphatic carbocycles. The monoisotopic (exact) mass is 415 g/mol. The number of carbonyl (C=O) groups excluding carboxylic acids is 1. The van der Waals surface area contributed by atoms with Gasteiger partial charge in [-0.25, -0.2) is 0 Å². The predicted octanol–water partition coefficient (Wildman–Crippen LogP) is 7.58. The van der Waals surface area contributed by atoms with Crippen molar-refractivity contribution in [3.8, 4) is 11.1 Å². The van der Waals surface area contributed by atoms with Crippen LogP contribution in [-0.2, 0) is 11.3 Å². The van der Waals surface area contributed by atoms with Gasteiger partial charge in [-0.15, -0.1) is 0 Å². The van der Waals surface area contributed by atoms with Gasteiger partial charge in [-0.2, -0.15) is 0 Å². The van der Waals surface area contributed by atoms with Crippen LogP contribution >= 0.6 is 0 Å². The molecule has 31 heavy (non-hydrogen) atoms. The first-order valence-electron chi connectivity index (χ1n) is 12.2. The van der Waals surface area contributed by atoms with Gasteiger partial charge in [-0.3, -0.25) is 4.79 Å². The standard InChI is InChI=1S/C29H37NO/c1-4-5-12-26-19-25-18-24(25)11-7-9-14-29(31)30(26)20-23-15-16-28(22(3)17-23)27-13-8-6-10-21(27)2/h6,8,10,13,15-17,19,24-25H,4-5,7,9,11-12,14,18,20H2,1-3H3/b26-19+/t24-,25?/m1/s1. The van der Waals surface area contributed by atoms with Crippen LogP contribution in [-0.4, -0.2) is 10.8 Å². The minimum Gasteiger partial charge on any atom is -0.312 e. The maximum absolute atomic E-state index is 13.2. The van der Waals surface area contributed by atoms with Crippen LogP contribution in [0.4, 0.5) is 0 Å². The summed E-state index contributed by atoms with van der Waals surface area (Å²) < 4.78 is 0. The number of fused-ring (bicyclic) bond motifs is 1. The fraction of sp³-hybridized carbons (Fsp3) is 0.483. The van der Waals surface area contributed by atoms with Gasteiger partial charge in [0.25, 0.3) is 0 Å². The summed E-state index contributed by atoms with van der Waals surface area (Å²) in [5.41, 5.74) is 7.67. The molecule has 0 spiro atoms. The molecule has 2 heteroatoms. The van der Waals surface area contributed by atoms with E-state index in [1.165, 1.54) is 52.8 Å². The van der Waals surface area contributed by atoms with Gasteiger partial charge in [0.05, 0.1) is 6.54 Å². The molecule has 0 radical (unpaired) electrons. The van der Waals surface area contributed by atoms with E-state index in [1.807, 2.05) is 0 Å². The van der Waals surface area contributed by atoms with Crippen LogP contribution in [0.25, 0.3) is 11.1 Å². The van der Waals surface area contributed by atoms with Crippen molar-refractivity contribution in [1.29, 1.82) is 0 Å². The molecule has 164 valence electrons. The summed E-state index contributed by atoms with van der Waals surface area (Å²) in [4.78, 5) is 15.4. The summed E-state index contributed by atoms with van der Waals surface area (Å²) in [6.45, 7) is 7.29. The molecule has 2 atom stereocenters. The highest BCUT2D eigenvalue weighted by molar-refractivity contribution is 5.78. The van der Waals surface area contributed by atoms with E-state index in [4.69, 9.17) is 0 Å². The largest absolute Gasteiger partial charge is 0.312 e. The van der Waals surface area contributed by atoms with Gasteiger partial charge < -0.3 is 4.90 Å². The predicted molar refractivity (Wildman–Crippen MR) is 130 cm³/mol. The topological polar surface area (TPSA) is 20.3 Å². The van der Waals surface area contributed by atoms with Crippen LogP contribution in [0.15, 0.2) is 54.2 Å². The van der Waals surface area contributed by atoms with Gasteiger partial charge in [0.2, 0.25) is 5.91 Å². The van der Waals surface area contributed by atoms with Crippen molar-refractivity contribution in [1.82, 2.24) is 4.90 Å². The molecule has 0 N–H and O–H groups in total. The third kappa shape index (κ3) is 5.29. The number of allylic oxidation sites excluding steroid dienone is 2. The molecule has 1 fully saturated rings. The Morgan fingerprint density at radius 1 is 1.00 bits per heavy atom. The highest BCUT2D eigenvalue weighted by Gasteiger charge is 2.36. The van der Waals surface area contributed by atoms with Crippen molar-refractivity contribution in [3.63, 3.8) is 0 Å². The first kappa shape index (κ1) is 21.9. The number of hydrogen-bond acceptors (Lipinski definition) is 1. The third-order valence-corrected chi connectivity index (χ3v) is 7.10. The number of carbonyl (C=O) groups is 1. The number of amides is 1. The van der Waals surface area contributed by atoms with Crippen molar-refractivity contribution in [2.45, 2.75) is 78.7 Å². The summed E-state index contributed by atoms with van der Waals surface area (Å²) in [5, 5.41) is 0. The lowest BCUT2D eigenvalue weighted by atomic mass is 9.95. The highest BCUT2D eigenvalue weighted by atomic mass is 16.2. The molecule has 2 aromatic carbocycles. The van der Waals surface area contributed by atoms with Crippen LogP contribution in [0.5, 0.6) is 0 Å². The summed E-state index contributed by atoms with van der Waals surface area (Å²) in [6.07, 6.45) is 11.3. The molecule has 2 aliphatic rings. The second-order valence-electron chi connectivity index (χ2n) is 9.61. The molecule has 0 aromatic heterocycles. The van der Waals surface area contributed by atoms with Crippen LogP contribution in [0.2, 0.25) is 0 Å². The zero-order valence-corrected chi connectivity index (χ0v) is 19.5. The Morgan fingerprint density at radius 3 is 2.58 bits per heavy atom. The van der Waals surface area contributed by atoms with Gasteiger partial charge >= 0.3 is 0 Å². The van der Waals surface area contributed by atoms with E-state index in [2.05, 4.69) is 74.2 Å². The average molecular weight is 416 g/mol. The lowest BCUT2D eigenvalue weighted by Gasteiger charge is -2.27. The Balaban J connectivity index is 1.61. The van der Waals surface area contributed by atoms with E-state index < -0.39 is 0 Å². The Bertz CT molecular complexity index is 957. The Hall–Kier alpha value is -2.35. The van der Waals surface area contributed by atoms with Gasteiger partial charge in [0.1, 0.15) is 0 Å². The van der Waals surface area contributed by atoms with Crippen LogP contribution in [0.1, 0.15) is 75.0 Å². The second kappa shape index (κ2) is 9.85. The van der Waals surface area contributed by atoms with E-state index in [0.717, 1.165) is 31.6 Å². The minimum absolute atomic E-state index is 0.307. The molecular weight excluding hydrogens is 378 g/mol. The summed E-state index contributed by atoms with van der Waals surface area (Å²) in [6, 6.07) is 15.3. The Labute approximate surface area is 188 Å². The number of benzene rings is 2. The fourth-order valence-electron chi connectivity index (χ4n) is 5.07. The van der Waals surface area contributed by atoms with E-state index >= 15 is 0 Å². The number of unbranched alkanes of at least 4 members (excludes halogenated alkanes) is 1. The number of rotatable bonds is 6. The first-order chi connectivity index (χ1) is 15.1. The van der Waals surface area contributed by atoms with E-state index in [-0.39, 0.29) is 0 Å². The SMILES string of the molecule is CCCC/C1=C\C2C[C@H]2CCCCC(=O)N1Cc1ccc(-c2ccccc2C)c(C)c1. The third-order valence-electron chi connectivity index (χ3n) is 7.10. The van der Waals surface area contributed by atoms with Crippen molar-refractivity contribution in [2.75, 3.05) is 0 Å².